The van der Waals surface area contributed by atoms with Crippen molar-refractivity contribution in [2.45, 2.75) is 32.2 Å². The standard InChI is InChI=1S/C10H17N3O2S/c1-2-6(9(12)16)10(15)13-5-3-4-7(13)8(11)14/h6-7H,2-5H2,1H3,(H2,11,14)(H2,12,16). The summed E-state index contributed by atoms with van der Waals surface area (Å²) in [5.41, 5.74) is 10.8. The van der Waals surface area contributed by atoms with E-state index >= 15 is 0 Å². The summed E-state index contributed by atoms with van der Waals surface area (Å²) in [7, 11) is 0. The van der Waals surface area contributed by atoms with Crippen LogP contribution in [-0.4, -0.2) is 34.3 Å². The van der Waals surface area contributed by atoms with E-state index in [1.54, 1.807) is 0 Å². The predicted octanol–water partition coefficient (Wildman–Crippen LogP) is -0.225. The first-order valence-electron chi connectivity index (χ1n) is 5.38. The summed E-state index contributed by atoms with van der Waals surface area (Å²) >= 11 is 4.85. The van der Waals surface area contributed by atoms with E-state index in [9.17, 15) is 9.59 Å². The fourth-order valence-electron chi connectivity index (χ4n) is 2.02. The molecule has 90 valence electrons. The first-order valence-corrected chi connectivity index (χ1v) is 5.79. The van der Waals surface area contributed by atoms with Crippen LogP contribution in [0.25, 0.3) is 0 Å². The number of rotatable bonds is 4. The van der Waals surface area contributed by atoms with Gasteiger partial charge in [-0.05, 0) is 19.3 Å². The van der Waals surface area contributed by atoms with Crippen LogP contribution in [0.1, 0.15) is 26.2 Å². The molecule has 1 aliphatic rings. The van der Waals surface area contributed by atoms with E-state index < -0.39 is 17.9 Å². The molecule has 5 nitrogen and oxygen atoms in total. The number of carbonyl (C=O) groups is 2. The topological polar surface area (TPSA) is 89.4 Å². The Morgan fingerprint density at radius 1 is 1.50 bits per heavy atom. The minimum absolute atomic E-state index is 0.170. The molecule has 0 aliphatic carbocycles. The summed E-state index contributed by atoms with van der Waals surface area (Å²) in [5.74, 6) is -1.10. The fourth-order valence-corrected chi connectivity index (χ4v) is 2.29. The van der Waals surface area contributed by atoms with Crippen molar-refractivity contribution in [3.63, 3.8) is 0 Å². The van der Waals surface area contributed by atoms with Gasteiger partial charge >= 0.3 is 0 Å². The van der Waals surface area contributed by atoms with Crippen LogP contribution in [0.3, 0.4) is 0 Å². The Kier molecular flexibility index (Phi) is 4.23. The van der Waals surface area contributed by atoms with Crippen molar-refractivity contribution in [3.05, 3.63) is 0 Å². The van der Waals surface area contributed by atoms with Gasteiger partial charge in [0, 0.05) is 6.54 Å². The highest BCUT2D eigenvalue weighted by Crippen LogP contribution is 2.20. The first kappa shape index (κ1) is 12.9. The summed E-state index contributed by atoms with van der Waals surface area (Å²) in [5, 5.41) is 0. The summed E-state index contributed by atoms with van der Waals surface area (Å²) in [4.78, 5) is 24.9. The Balaban J connectivity index is 2.79. The van der Waals surface area contributed by atoms with Gasteiger partial charge in [-0.25, -0.2) is 0 Å². The van der Waals surface area contributed by atoms with Crippen LogP contribution in [0, 0.1) is 5.92 Å². The molecule has 0 bridgehead atoms. The Hall–Kier alpha value is -1.17. The van der Waals surface area contributed by atoms with Crippen molar-refractivity contribution >= 4 is 29.0 Å². The van der Waals surface area contributed by atoms with Crippen LogP contribution >= 0.6 is 12.2 Å². The predicted molar refractivity (Wildman–Crippen MR) is 64.5 cm³/mol. The summed E-state index contributed by atoms with van der Waals surface area (Å²) in [6, 6.07) is -0.490. The lowest BCUT2D eigenvalue weighted by Gasteiger charge is -2.26. The number of primary amides is 1. The third kappa shape index (κ3) is 2.49. The molecule has 0 aromatic rings. The molecular formula is C10H17N3O2S. The molecule has 1 fully saturated rings. The number of carbonyl (C=O) groups excluding carboxylic acids is 2. The molecular weight excluding hydrogens is 226 g/mol. The molecule has 2 atom stereocenters. The molecule has 0 aromatic carbocycles. The molecule has 1 saturated heterocycles. The second kappa shape index (κ2) is 5.25. The van der Waals surface area contributed by atoms with Gasteiger partial charge in [-0.3, -0.25) is 9.59 Å². The second-order valence-electron chi connectivity index (χ2n) is 3.96. The molecule has 1 heterocycles. The van der Waals surface area contributed by atoms with Crippen LogP contribution in [-0.2, 0) is 9.59 Å². The molecule has 0 saturated carbocycles. The molecule has 4 N–H and O–H groups in total. The fraction of sp³-hybridized carbons (Fsp3) is 0.700. The van der Waals surface area contributed by atoms with Gasteiger partial charge in [-0.15, -0.1) is 0 Å². The third-order valence-corrected chi connectivity index (χ3v) is 3.20. The molecule has 2 amide bonds. The number of amides is 2. The van der Waals surface area contributed by atoms with E-state index in [1.807, 2.05) is 6.92 Å². The SMILES string of the molecule is CCC(C(=O)N1CCCC1C(N)=O)C(N)=S. The van der Waals surface area contributed by atoms with Crippen LogP contribution in [0.4, 0.5) is 0 Å². The second-order valence-corrected chi connectivity index (χ2v) is 4.43. The molecule has 0 radical (unpaired) electrons. The lowest BCUT2D eigenvalue weighted by molar-refractivity contribution is -0.139. The average Bonchev–Trinajstić information content (AvgIpc) is 2.65. The highest BCUT2D eigenvalue weighted by atomic mass is 32.1. The maximum atomic E-state index is 12.1. The van der Waals surface area contributed by atoms with Crippen molar-refractivity contribution in [1.29, 1.82) is 0 Å². The molecule has 2 unspecified atom stereocenters. The summed E-state index contributed by atoms with van der Waals surface area (Å²) in [6.45, 7) is 2.41. The smallest absolute Gasteiger partial charge is 0.240 e. The molecule has 16 heavy (non-hydrogen) atoms. The first-order chi connectivity index (χ1) is 7.49. The van der Waals surface area contributed by atoms with Crippen LogP contribution in [0.15, 0.2) is 0 Å². The van der Waals surface area contributed by atoms with Gasteiger partial charge in [0.1, 0.15) is 6.04 Å². The van der Waals surface area contributed by atoms with E-state index in [0.29, 0.717) is 19.4 Å². The molecule has 0 spiro atoms. The van der Waals surface area contributed by atoms with E-state index in [0.717, 1.165) is 6.42 Å². The van der Waals surface area contributed by atoms with Gasteiger partial charge in [-0.1, -0.05) is 19.1 Å². The van der Waals surface area contributed by atoms with Crippen molar-refractivity contribution < 1.29 is 9.59 Å². The normalized spacial score (nSPS) is 21.8. The van der Waals surface area contributed by atoms with Crippen molar-refractivity contribution in [1.82, 2.24) is 4.90 Å². The maximum Gasteiger partial charge on any atom is 0.240 e. The number of likely N-dealkylation sites (tertiary alicyclic amines) is 1. The Bertz CT molecular complexity index is 319. The Labute approximate surface area is 100 Å². The minimum atomic E-state index is -0.490. The molecule has 1 aliphatic heterocycles. The molecule has 1 rings (SSSR count). The van der Waals surface area contributed by atoms with E-state index in [-0.39, 0.29) is 10.9 Å². The zero-order valence-corrected chi connectivity index (χ0v) is 10.1. The zero-order valence-electron chi connectivity index (χ0n) is 9.31. The maximum absolute atomic E-state index is 12.1. The number of thiocarbonyl (C=S) groups is 1. The Morgan fingerprint density at radius 2 is 2.12 bits per heavy atom. The highest BCUT2D eigenvalue weighted by molar-refractivity contribution is 7.80. The van der Waals surface area contributed by atoms with Gasteiger partial charge in [0.05, 0.1) is 10.9 Å². The van der Waals surface area contributed by atoms with E-state index in [1.165, 1.54) is 4.90 Å². The largest absolute Gasteiger partial charge is 0.393 e. The number of nitrogens with zero attached hydrogens (tertiary/aromatic N) is 1. The number of hydrogen-bond acceptors (Lipinski definition) is 3. The van der Waals surface area contributed by atoms with Crippen molar-refractivity contribution in [2.75, 3.05) is 6.54 Å². The van der Waals surface area contributed by atoms with E-state index in [2.05, 4.69) is 0 Å². The van der Waals surface area contributed by atoms with Gasteiger partial charge in [-0.2, -0.15) is 0 Å². The van der Waals surface area contributed by atoms with Crippen LogP contribution in [0.5, 0.6) is 0 Å². The zero-order chi connectivity index (χ0) is 12.3. The van der Waals surface area contributed by atoms with Gasteiger partial charge < -0.3 is 16.4 Å². The van der Waals surface area contributed by atoms with Crippen LogP contribution < -0.4 is 11.5 Å². The lowest BCUT2D eigenvalue weighted by Crippen LogP contribution is -2.48. The van der Waals surface area contributed by atoms with Crippen molar-refractivity contribution in [3.8, 4) is 0 Å². The van der Waals surface area contributed by atoms with Crippen molar-refractivity contribution in [2.24, 2.45) is 17.4 Å². The monoisotopic (exact) mass is 243 g/mol. The molecule has 0 aromatic heterocycles. The van der Waals surface area contributed by atoms with Gasteiger partial charge in [0.15, 0.2) is 0 Å². The van der Waals surface area contributed by atoms with Gasteiger partial charge in [0.25, 0.3) is 0 Å². The lowest BCUT2D eigenvalue weighted by atomic mass is 10.0. The summed E-state index contributed by atoms with van der Waals surface area (Å²) in [6.07, 6.45) is 1.98. The van der Waals surface area contributed by atoms with Crippen LogP contribution in [0.2, 0.25) is 0 Å². The van der Waals surface area contributed by atoms with E-state index in [4.69, 9.17) is 23.7 Å². The third-order valence-electron chi connectivity index (χ3n) is 2.91. The minimum Gasteiger partial charge on any atom is -0.393 e. The summed E-state index contributed by atoms with van der Waals surface area (Å²) < 4.78 is 0. The number of hydrogen-bond donors (Lipinski definition) is 2. The van der Waals surface area contributed by atoms with Gasteiger partial charge in [0.2, 0.25) is 11.8 Å². The number of nitrogens with two attached hydrogens (primary N) is 2. The highest BCUT2D eigenvalue weighted by Gasteiger charge is 2.36. The average molecular weight is 243 g/mol. The Morgan fingerprint density at radius 3 is 2.56 bits per heavy atom. The molecule has 6 heteroatoms. The quantitative estimate of drug-likeness (QED) is 0.668.